The number of rotatable bonds is 10. The molecule has 0 unspecified atom stereocenters. The number of unbranched alkanes of at least 4 members (excludes halogenated alkanes) is 1. The van der Waals surface area contributed by atoms with E-state index in [0.29, 0.717) is 28.9 Å². The van der Waals surface area contributed by atoms with Gasteiger partial charge >= 0.3 is 5.97 Å². The Hall–Kier alpha value is -2.89. The first kappa shape index (κ1) is 23.4. The van der Waals surface area contributed by atoms with Crippen molar-refractivity contribution in [1.29, 1.82) is 0 Å². The Kier molecular flexibility index (Phi) is 8.39. The van der Waals surface area contributed by atoms with Crippen LogP contribution < -0.4 is 0 Å². The summed E-state index contributed by atoms with van der Waals surface area (Å²) in [6, 6.07) is 7.60. The first-order chi connectivity index (χ1) is 14.3. The van der Waals surface area contributed by atoms with Gasteiger partial charge in [0.15, 0.2) is 5.78 Å². The van der Waals surface area contributed by atoms with Crippen LogP contribution in [0.3, 0.4) is 0 Å². The summed E-state index contributed by atoms with van der Waals surface area (Å²) in [4.78, 5) is 42.5. The number of ketones is 1. The van der Waals surface area contributed by atoms with Gasteiger partial charge < -0.3 is 14.6 Å². The average Bonchev–Trinajstić information content (AvgIpc) is 3.04. The number of hydrogen-bond acceptors (Lipinski definition) is 4. The van der Waals surface area contributed by atoms with Crippen LogP contribution in [0.25, 0.3) is 0 Å². The van der Waals surface area contributed by atoms with E-state index in [1.807, 2.05) is 31.2 Å². The van der Waals surface area contributed by atoms with Crippen LogP contribution in [0, 0.1) is 13.8 Å². The van der Waals surface area contributed by atoms with Gasteiger partial charge in [-0.15, -0.1) is 0 Å². The van der Waals surface area contributed by atoms with Crippen LogP contribution in [0.5, 0.6) is 0 Å². The fourth-order valence-corrected chi connectivity index (χ4v) is 3.53. The Balaban J connectivity index is 2.16. The van der Waals surface area contributed by atoms with Crippen LogP contribution in [-0.4, -0.2) is 47.2 Å². The number of nitrogens with zero attached hydrogens (tertiary/aromatic N) is 1. The lowest BCUT2D eigenvalue weighted by atomic mass is 10.0. The molecule has 0 aliphatic heterocycles. The van der Waals surface area contributed by atoms with Crippen LogP contribution in [-0.2, 0) is 11.2 Å². The van der Waals surface area contributed by atoms with Crippen molar-refractivity contribution in [3.8, 4) is 0 Å². The minimum Gasteiger partial charge on any atom is -0.461 e. The van der Waals surface area contributed by atoms with E-state index in [1.165, 1.54) is 10.5 Å². The van der Waals surface area contributed by atoms with Gasteiger partial charge in [0.25, 0.3) is 5.91 Å². The number of likely N-dealkylation sites (N-methyl/N-ethyl adjacent to an activating group) is 1. The number of aromatic amines is 1. The van der Waals surface area contributed by atoms with Crippen LogP contribution in [0.1, 0.15) is 81.6 Å². The van der Waals surface area contributed by atoms with E-state index in [2.05, 4.69) is 11.9 Å². The third-order valence-electron chi connectivity index (χ3n) is 5.22. The third-order valence-corrected chi connectivity index (χ3v) is 5.22. The molecule has 2 aromatic rings. The molecule has 1 aromatic heterocycles. The number of esters is 1. The summed E-state index contributed by atoms with van der Waals surface area (Å²) in [6.07, 6.45) is 3.24. The highest BCUT2D eigenvalue weighted by Gasteiger charge is 2.25. The Morgan fingerprint density at radius 1 is 1.03 bits per heavy atom. The van der Waals surface area contributed by atoms with E-state index in [1.54, 1.807) is 20.8 Å². The van der Waals surface area contributed by atoms with E-state index < -0.39 is 5.97 Å². The maximum absolute atomic E-state index is 13.0. The van der Waals surface area contributed by atoms with Gasteiger partial charge in [-0.3, -0.25) is 9.59 Å². The van der Waals surface area contributed by atoms with Gasteiger partial charge in [0, 0.05) is 23.4 Å². The molecule has 0 saturated heterocycles. The number of carbonyl (C=O) groups excluding carboxylic acids is 3. The van der Waals surface area contributed by atoms with Crippen molar-refractivity contribution in [3.63, 3.8) is 0 Å². The maximum atomic E-state index is 13.0. The molecular formula is C24H32N2O4. The SMILES string of the molecule is CCCCc1ccc(C(=O)N(CC)CC(=O)c2c(C)[nH]c(C(=O)OCC)c2C)cc1. The van der Waals surface area contributed by atoms with Crippen molar-refractivity contribution < 1.29 is 19.1 Å². The second kappa shape index (κ2) is 10.8. The molecule has 6 heteroatoms. The number of hydrogen-bond donors (Lipinski definition) is 1. The summed E-state index contributed by atoms with van der Waals surface area (Å²) >= 11 is 0. The van der Waals surface area contributed by atoms with Crippen molar-refractivity contribution in [2.75, 3.05) is 19.7 Å². The molecule has 0 saturated carbocycles. The summed E-state index contributed by atoms with van der Waals surface area (Å²) in [6.45, 7) is 9.82. The molecule has 0 aliphatic rings. The number of amides is 1. The largest absolute Gasteiger partial charge is 0.461 e. The highest BCUT2D eigenvalue weighted by atomic mass is 16.5. The van der Waals surface area contributed by atoms with Crippen molar-refractivity contribution in [1.82, 2.24) is 9.88 Å². The number of ether oxygens (including phenoxy) is 1. The number of benzene rings is 1. The molecule has 6 nitrogen and oxygen atoms in total. The highest BCUT2D eigenvalue weighted by molar-refractivity contribution is 6.05. The predicted octanol–water partition coefficient (Wildman–Crippen LogP) is 4.50. The van der Waals surface area contributed by atoms with Gasteiger partial charge in [-0.1, -0.05) is 25.5 Å². The van der Waals surface area contributed by atoms with E-state index in [-0.39, 0.29) is 30.5 Å². The molecular weight excluding hydrogens is 380 g/mol. The van der Waals surface area contributed by atoms with Gasteiger partial charge in [-0.25, -0.2) is 4.79 Å². The molecule has 30 heavy (non-hydrogen) atoms. The number of aryl methyl sites for hydroxylation is 2. The molecule has 1 heterocycles. The Bertz CT molecular complexity index is 897. The summed E-state index contributed by atoms with van der Waals surface area (Å²) in [5.74, 6) is -0.861. The number of Topliss-reactive ketones (excluding diaryl/α,β-unsaturated/α-hetero) is 1. The van der Waals surface area contributed by atoms with E-state index >= 15 is 0 Å². The molecule has 0 atom stereocenters. The summed E-state index contributed by atoms with van der Waals surface area (Å²) < 4.78 is 5.04. The molecule has 2 rings (SSSR count). The second-order valence-corrected chi connectivity index (χ2v) is 7.39. The average molecular weight is 413 g/mol. The third kappa shape index (κ3) is 5.38. The molecule has 162 valence electrons. The lowest BCUT2D eigenvalue weighted by molar-refractivity contribution is 0.0519. The summed E-state index contributed by atoms with van der Waals surface area (Å²) in [7, 11) is 0. The first-order valence-corrected chi connectivity index (χ1v) is 10.6. The van der Waals surface area contributed by atoms with Crippen molar-refractivity contribution >= 4 is 17.7 Å². The first-order valence-electron chi connectivity index (χ1n) is 10.6. The molecule has 1 amide bonds. The fourth-order valence-electron chi connectivity index (χ4n) is 3.53. The van der Waals surface area contributed by atoms with E-state index in [0.717, 1.165) is 19.3 Å². The van der Waals surface area contributed by atoms with E-state index in [4.69, 9.17) is 4.74 Å². The van der Waals surface area contributed by atoms with Gasteiger partial charge in [0.05, 0.1) is 13.2 Å². The quantitative estimate of drug-likeness (QED) is 0.460. The second-order valence-electron chi connectivity index (χ2n) is 7.39. The van der Waals surface area contributed by atoms with Crippen molar-refractivity contribution in [2.45, 2.75) is 53.9 Å². The number of aromatic nitrogens is 1. The van der Waals surface area contributed by atoms with Gasteiger partial charge in [0.2, 0.25) is 0 Å². The van der Waals surface area contributed by atoms with Gasteiger partial charge in [-0.2, -0.15) is 0 Å². The number of carbonyl (C=O) groups is 3. The Labute approximate surface area is 178 Å². The molecule has 0 fully saturated rings. The minimum absolute atomic E-state index is 0.0469. The monoisotopic (exact) mass is 412 g/mol. The lowest BCUT2D eigenvalue weighted by Gasteiger charge is -2.20. The van der Waals surface area contributed by atoms with Crippen molar-refractivity contribution in [3.05, 3.63) is 57.9 Å². The Morgan fingerprint density at radius 2 is 1.70 bits per heavy atom. The standard InChI is InChI=1S/C24H32N2O4/c1-6-9-10-18-11-13-19(14-12-18)23(28)26(7-2)15-20(27)21-16(4)22(25-17(21)5)24(29)30-8-3/h11-14,25H,6-10,15H2,1-5H3. The smallest absolute Gasteiger partial charge is 0.355 e. The van der Waals surface area contributed by atoms with Gasteiger partial charge in [-0.05, 0) is 63.8 Å². The number of nitrogens with one attached hydrogen (secondary N) is 1. The lowest BCUT2D eigenvalue weighted by Crippen LogP contribution is -2.35. The zero-order valence-electron chi connectivity index (χ0n) is 18.6. The van der Waals surface area contributed by atoms with Crippen LogP contribution >= 0.6 is 0 Å². The maximum Gasteiger partial charge on any atom is 0.355 e. The number of H-pyrrole nitrogens is 1. The van der Waals surface area contributed by atoms with E-state index in [9.17, 15) is 14.4 Å². The molecule has 0 bridgehead atoms. The highest BCUT2D eigenvalue weighted by Crippen LogP contribution is 2.20. The fraction of sp³-hybridized carbons (Fsp3) is 0.458. The van der Waals surface area contributed by atoms with Gasteiger partial charge in [0.1, 0.15) is 5.69 Å². The molecule has 1 aromatic carbocycles. The van der Waals surface area contributed by atoms with Crippen LogP contribution in [0.15, 0.2) is 24.3 Å². The van der Waals surface area contributed by atoms with Crippen LogP contribution in [0.4, 0.5) is 0 Å². The molecule has 0 spiro atoms. The zero-order valence-corrected chi connectivity index (χ0v) is 18.6. The Morgan fingerprint density at radius 3 is 2.27 bits per heavy atom. The molecule has 0 radical (unpaired) electrons. The zero-order chi connectivity index (χ0) is 22.3. The topological polar surface area (TPSA) is 79.5 Å². The van der Waals surface area contributed by atoms with Crippen LogP contribution in [0.2, 0.25) is 0 Å². The molecule has 0 aliphatic carbocycles. The normalized spacial score (nSPS) is 10.7. The minimum atomic E-state index is -0.483. The summed E-state index contributed by atoms with van der Waals surface area (Å²) in [5.41, 5.74) is 3.66. The summed E-state index contributed by atoms with van der Waals surface area (Å²) in [5, 5.41) is 0. The van der Waals surface area contributed by atoms with Crippen molar-refractivity contribution in [2.24, 2.45) is 0 Å². The molecule has 1 N–H and O–H groups in total. The predicted molar refractivity (Wildman–Crippen MR) is 117 cm³/mol.